The van der Waals surface area contributed by atoms with Gasteiger partial charge < -0.3 is 28.3 Å². The van der Waals surface area contributed by atoms with Crippen LogP contribution in [0.1, 0.15) is 68.0 Å². The fourth-order valence-corrected chi connectivity index (χ4v) is 4.82. The molecule has 10 nitrogen and oxygen atoms in total. The van der Waals surface area contributed by atoms with Gasteiger partial charge in [0.15, 0.2) is 5.69 Å². The monoisotopic (exact) mass is 500 g/mol. The molecule has 2 fully saturated rings. The fraction of sp³-hybridized carbons (Fsp3) is 0.615. The van der Waals surface area contributed by atoms with E-state index in [1.54, 1.807) is 11.8 Å². The molecule has 1 unspecified atom stereocenters. The molecule has 0 radical (unpaired) electrons. The Morgan fingerprint density at radius 1 is 1.19 bits per heavy atom. The Morgan fingerprint density at radius 3 is 2.69 bits per heavy atom. The zero-order chi connectivity index (χ0) is 25.5. The number of piperidine rings is 1. The number of hydrogen-bond acceptors (Lipinski definition) is 7. The average Bonchev–Trinajstić information content (AvgIpc) is 3.67. The smallest absolute Gasteiger partial charge is 0.309 e. The normalized spacial score (nSPS) is 18.4. The Bertz CT molecular complexity index is 1030. The summed E-state index contributed by atoms with van der Waals surface area (Å²) >= 11 is 0. The maximum atomic E-state index is 12.9. The summed E-state index contributed by atoms with van der Waals surface area (Å²) in [6.07, 6.45) is 7.01. The second kappa shape index (κ2) is 12.2. The summed E-state index contributed by atoms with van der Waals surface area (Å²) in [6.45, 7) is 7.17. The molecule has 2 amide bonds. The summed E-state index contributed by atoms with van der Waals surface area (Å²) in [5, 5.41) is 0. The molecule has 0 spiro atoms. The molecular formula is C26H36N4O6. The Morgan fingerprint density at radius 2 is 2.00 bits per heavy atom. The third-order valence-corrected chi connectivity index (χ3v) is 6.86. The van der Waals surface area contributed by atoms with Crippen molar-refractivity contribution in [1.29, 1.82) is 0 Å². The second-order valence-electron chi connectivity index (χ2n) is 9.34. The van der Waals surface area contributed by atoms with E-state index in [1.807, 2.05) is 34.7 Å². The first-order chi connectivity index (χ1) is 17.5. The largest absolute Gasteiger partial charge is 0.466 e. The molecule has 0 aliphatic carbocycles. The van der Waals surface area contributed by atoms with Crippen molar-refractivity contribution in [1.82, 2.24) is 19.4 Å². The van der Waals surface area contributed by atoms with Gasteiger partial charge in [-0.15, -0.1) is 0 Å². The number of carbonyl (C=O) groups is 3. The van der Waals surface area contributed by atoms with Gasteiger partial charge in [-0.25, -0.2) is 4.98 Å². The van der Waals surface area contributed by atoms with E-state index in [0.717, 1.165) is 25.1 Å². The molecule has 196 valence electrons. The Labute approximate surface area is 211 Å². The number of amides is 2. The van der Waals surface area contributed by atoms with Crippen molar-refractivity contribution in [2.45, 2.75) is 65.1 Å². The molecule has 2 aromatic heterocycles. The summed E-state index contributed by atoms with van der Waals surface area (Å²) in [5.74, 6) is -0.0331. The van der Waals surface area contributed by atoms with Crippen molar-refractivity contribution in [3.63, 3.8) is 0 Å². The van der Waals surface area contributed by atoms with Crippen LogP contribution in [-0.2, 0) is 32.2 Å². The molecule has 1 atom stereocenters. The van der Waals surface area contributed by atoms with Gasteiger partial charge in [-0.05, 0) is 44.7 Å². The quantitative estimate of drug-likeness (QED) is 0.462. The number of esters is 1. The highest BCUT2D eigenvalue weighted by molar-refractivity contribution is 5.92. The fourth-order valence-electron chi connectivity index (χ4n) is 4.82. The van der Waals surface area contributed by atoms with Crippen LogP contribution in [0, 0.1) is 5.92 Å². The van der Waals surface area contributed by atoms with Crippen LogP contribution in [0.3, 0.4) is 0 Å². The predicted octanol–water partition coefficient (Wildman–Crippen LogP) is 2.86. The molecule has 4 rings (SSSR count). The minimum atomic E-state index is -0.198. The van der Waals surface area contributed by atoms with Gasteiger partial charge in [0.2, 0.25) is 11.8 Å². The Kier molecular flexibility index (Phi) is 8.79. The van der Waals surface area contributed by atoms with E-state index in [-0.39, 0.29) is 35.5 Å². The first-order valence-corrected chi connectivity index (χ1v) is 12.9. The van der Waals surface area contributed by atoms with Crippen LogP contribution in [0.2, 0.25) is 0 Å². The summed E-state index contributed by atoms with van der Waals surface area (Å²) in [4.78, 5) is 45.4. The first-order valence-electron chi connectivity index (χ1n) is 12.9. The first kappa shape index (κ1) is 25.9. The van der Waals surface area contributed by atoms with Gasteiger partial charge in [0.25, 0.3) is 5.91 Å². The van der Waals surface area contributed by atoms with Gasteiger partial charge in [-0.1, -0.05) is 6.92 Å². The molecule has 4 heterocycles. The molecule has 0 bridgehead atoms. The average molecular weight is 501 g/mol. The van der Waals surface area contributed by atoms with Crippen LogP contribution in [0.4, 0.5) is 0 Å². The van der Waals surface area contributed by atoms with Crippen LogP contribution in [0.25, 0.3) is 0 Å². The van der Waals surface area contributed by atoms with E-state index in [4.69, 9.17) is 13.9 Å². The molecule has 0 aromatic carbocycles. The summed E-state index contributed by atoms with van der Waals surface area (Å²) < 4.78 is 18.4. The van der Waals surface area contributed by atoms with Crippen molar-refractivity contribution in [2.24, 2.45) is 5.92 Å². The van der Waals surface area contributed by atoms with E-state index in [9.17, 15) is 14.4 Å². The lowest BCUT2D eigenvalue weighted by atomic mass is 9.97. The van der Waals surface area contributed by atoms with Gasteiger partial charge in [0.1, 0.15) is 6.26 Å². The number of ether oxygens (including phenoxy) is 2. The minimum Gasteiger partial charge on any atom is -0.466 e. The highest BCUT2D eigenvalue weighted by atomic mass is 16.5. The van der Waals surface area contributed by atoms with Crippen molar-refractivity contribution >= 4 is 17.8 Å². The highest BCUT2D eigenvalue weighted by Crippen LogP contribution is 2.21. The molecule has 2 aromatic rings. The molecule has 0 saturated carbocycles. The van der Waals surface area contributed by atoms with E-state index in [1.165, 1.54) is 6.26 Å². The minimum absolute atomic E-state index is 0.0894. The summed E-state index contributed by atoms with van der Waals surface area (Å²) in [7, 11) is 0. The van der Waals surface area contributed by atoms with Crippen molar-refractivity contribution in [3.8, 4) is 0 Å². The van der Waals surface area contributed by atoms with Gasteiger partial charge in [0.05, 0.1) is 31.7 Å². The zero-order valence-electron chi connectivity index (χ0n) is 21.2. The third kappa shape index (κ3) is 6.34. The standard InChI is InChI=1S/C26H36N4O6/c1-3-24(31)30(16-21-8-6-14-35-21)15-20-7-5-11-29(20)17-23-27-22(18-36-23)25(32)28-12-9-19(10-13-28)26(33)34-4-2/h5,7,11,18-19,21H,3-4,6,8-10,12-17H2,1-2H3. The molecule has 2 aliphatic heterocycles. The summed E-state index contributed by atoms with van der Waals surface area (Å²) in [5.41, 5.74) is 1.22. The Balaban J connectivity index is 1.35. The maximum absolute atomic E-state index is 12.9. The molecule has 2 aliphatic rings. The van der Waals surface area contributed by atoms with E-state index < -0.39 is 0 Å². The molecule has 0 N–H and O–H groups in total. The predicted molar refractivity (Wildman–Crippen MR) is 130 cm³/mol. The van der Waals surface area contributed by atoms with Gasteiger partial charge in [-0.2, -0.15) is 0 Å². The zero-order valence-corrected chi connectivity index (χ0v) is 21.2. The van der Waals surface area contributed by atoms with Crippen LogP contribution in [0.15, 0.2) is 29.0 Å². The van der Waals surface area contributed by atoms with E-state index in [0.29, 0.717) is 64.5 Å². The Hall–Kier alpha value is -3.14. The molecule has 36 heavy (non-hydrogen) atoms. The van der Waals surface area contributed by atoms with E-state index >= 15 is 0 Å². The van der Waals surface area contributed by atoms with Gasteiger partial charge >= 0.3 is 5.97 Å². The molecule has 10 heteroatoms. The number of nitrogens with zero attached hydrogens (tertiary/aromatic N) is 4. The SMILES string of the molecule is CCOC(=O)C1CCN(C(=O)c2coc(Cn3cccc3CN(CC3CCCO3)C(=O)CC)n2)CC1. The van der Waals surface area contributed by atoms with Crippen molar-refractivity contribution in [3.05, 3.63) is 41.9 Å². The van der Waals surface area contributed by atoms with E-state index in [2.05, 4.69) is 4.98 Å². The lowest BCUT2D eigenvalue weighted by Gasteiger charge is -2.30. The number of oxazole rings is 1. The second-order valence-corrected chi connectivity index (χ2v) is 9.34. The number of carbonyl (C=O) groups excluding carboxylic acids is 3. The highest BCUT2D eigenvalue weighted by Gasteiger charge is 2.30. The third-order valence-electron chi connectivity index (χ3n) is 6.86. The lowest BCUT2D eigenvalue weighted by Crippen LogP contribution is -2.40. The maximum Gasteiger partial charge on any atom is 0.309 e. The van der Waals surface area contributed by atoms with Crippen molar-refractivity contribution < 1.29 is 28.3 Å². The lowest BCUT2D eigenvalue weighted by molar-refractivity contribution is -0.149. The number of hydrogen-bond donors (Lipinski definition) is 0. The van der Waals surface area contributed by atoms with Gasteiger partial charge in [-0.3, -0.25) is 14.4 Å². The molecule has 2 saturated heterocycles. The topological polar surface area (TPSA) is 107 Å². The number of rotatable bonds is 10. The van der Waals surface area contributed by atoms with Crippen molar-refractivity contribution in [2.75, 3.05) is 32.8 Å². The van der Waals surface area contributed by atoms with Crippen LogP contribution in [0.5, 0.6) is 0 Å². The van der Waals surface area contributed by atoms with Crippen LogP contribution in [-0.4, -0.2) is 76.1 Å². The van der Waals surface area contributed by atoms with Crippen LogP contribution >= 0.6 is 0 Å². The number of likely N-dealkylation sites (tertiary alicyclic amines) is 1. The summed E-state index contributed by atoms with van der Waals surface area (Å²) in [6, 6.07) is 3.91. The molecular weight excluding hydrogens is 464 g/mol. The number of aromatic nitrogens is 2. The van der Waals surface area contributed by atoms with Crippen LogP contribution < -0.4 is 0 Å². The van der Waals surface area contributed by atoms with Gasteiger partial charge in [0, 0.05) is 44.6 Å².